The molecular formula is C18H19BrN2O4. The molecule has 25 heavy (non-hydrogen) atoms. The largest absolute Gasteiger partial charge is 0.461 e. The number of aliphatic hydroxyl groups is 1. The smallest absolute Gasteiger partial charge is 0.313 e. The maximum Gasteiger partial charge on any atom is 0.313 e. The molecule has 1 aromatic carbocycles. The van der Waals surface area contributed by atoms with E-state index in [9.17, 15) is 14.7 Å². The number of nitrogens with one attached hydrogen (secondary N) is 2. The predicted octanol–water partition coefficient (Wildman–Crippen LogP) is 2.25. The van der Waals surface area contributed by atoms with Crippen molar-refractivity contribution in [3.05, 3.63) is 68.6 Å². The summed E-state index contributed by atoms with van der Waals surface area (Å²) in [5, 5.41) is 16.4. The molecule has 3 unspecified atom stereocenters. The van der Waals surface area contributed by atoms with Crippen LogP contribution in [0.25, 0.3) is 0 Å². The Morgan fingerprint density at radius 1 is 1.44 bits per heavy atom. The molecule has 0 fully saturated rings. The molecule has 7 heteroatoms. The maximum absolute atomic E-state index is 12.7. The highest BCUT2D eigenvalue weighted by atomic mass is 79.9. The van der Waals surface area contributed by atoms with Crippen LogP contribution in [-0.2, 0) is 16.0 Å². The number of H-pyrrole nitrogens is 2. The van der Waals surface area contributed by atoms with E-state index in [1.54, 1.807) is 6.92 Å². The van der Waals surface area contributed by atoms with Crippen LogP contribution in [0.2, 0.25) is 0 Å². The Balaban J connectivity index is 2.16. The number of carbonyl (C=O) groups is 1. The topological polar surface area (TPSA) is 95.2 Å². The van der Waals surface area contributed by atoms with E-state index in [2.05, 4.69) is 32.7 Å². The molecule has 0 spiro atoms. The van der Waals surface area contributed by atoms with Crippen LogP contribution < -0.4 is 5.56 Å². The zero-order valence-electron chi connectivity index (χ0n) is 13.7. The van der Waals surface area contributed by atoms with Crippen LogP contribution in [-0.4, -0.2) is 33.5 Å². The number of carbonyl (C=O) groups excluding carboxylic acids is 1. The summed E-state index contributed by atoms with van der Waals surface area (Å²) in [6.45, 7) is 5.18. The summed E-state index contributed by atoms with van der Waals surface area (Å²) in [6.07, 6.45) is 1.63. The summed E-state index contributed by atoms with van der Waals surface area (Å²) >= 11 is 3.38. The lowest BCUT2D eigenvalue weighted by atomic mass is 9.66. The van der Waals surface area contributed by atoms with Gasteiger partial charge in [-0.2, -0.15) is 0 Å². The van der Waals surface area contributed by atoms with Gasteiger partial charge in [0.2, 0.25) is 0 Å². The van der Waals surface area contributed by atoms with Crippen molar-refractivity contribution in [1.29, 1.82) is 0 Å². The van der Waals surface area contributed by atoms with E-state index < -0.39 is 23.4 Å². The van der Waals surface area contributed by atoms with Gasteiger partial charge in [0.25, 0.3) is 5.56 Å². The standard InChI is InChI=1S/C18H19BrN2O4/c1-3-8-25-17(23)15-13(10-4-6-11(19)7-5-10)14-12(9-18(15,2)24)20-21-16(14)22/h3-7,13,15,24H,1,8-9H2,2H3,(H2,20,21,22). The zero-order valence-corrected chi connectivity index (χ0v) is 15.3. The second-order valence-corrected chi connectivity index (χ2v) is 7.35. The van der Waals surface area contributed by atoms with Gasteiger partial charge in [-0.25, -0.2) is 0 Å². The lowest BCUT2D eigenvalue weighted by Gasteiger charge is -2.40. The fourth-order valence-electron chi connectivity index (χ4n) is 3.52. The van der Waals surface area contributed by atoms with Gasteiger partial charge in [-0.05, 0) is 24.6 Å². The van der Waals surface area contributed by atoms with Crippen LogP contribution in [0.5, 0.6) is 0 Å². The average molecular weight is 407 g/mol. The number of halogens is 1. The zero-order chi connectivity index (χ0) is 18.2. The van der Waals surface area contributed by atoms with Gasteiger partial charge in [0.15, 0.2) is 0 Å². The minimum absolute atomic E-state index is 0.0504. The van der Waals surface area contributed by atoms with Crippen molar-refractivity contribution < 1.29 is 14.6 Å². The number of benzene rings is 1. The van der Waals surface area contributed by atoms with E-state index in [1.165, 1.54) is 6.08 Å². The Kier molecular flexibility index (Phi) is 4.71. The summed E-state index contributed by atoms with van der Waals surface area (Å²) in [7, 11) is 0. The third-order valence-corrected chi connectivity index (χ3v) is 5.10. The maximum atomic E-state index is 12.7. The number of ether oxygens (including phenoxy) is 1. The lowest BCUT2D eigenvalue weighted by molar-refractivity contribution is -0.158. The Morgan fingerprint density at radius 3 is 2.76 bits per heavy atom. The molecule has 0 aliphatic heterocycles. The number of hydrogen-bond donors (Lipinski definition) is 3. The van der Waals surface area contributed by atoms with Crippen LogP contribution >= 0.6 is 15.9 Å². The second-order valence-electron chi connectivity index (χ2n) is 6.43. The Morgan fingerprint density at radius 2 is 2.12 bits per heavy atom. The van der Waals surface area contributed by atoms with Gasteiger partial charge in [0.1, 0.15) is 6.61 Å². The van der Waals surface area contributed by atoms with Gasteiger partial charge in [0.05, 0.1) is 11.5 Å². The fourth-order valence-corrected chi connectivity index (χ4v) is 3.78. The van der Waals surface area contributed by atoms with E-state index in [-0.39, 0.29) is 18.6 Å². The third-order valence-electron chi connectivity index (χ3n) is 4.57. The predicted molar refractivity (Wildman–Crippen MR) is 96.4 cm³/mol. The molecule has 132 valence electrons. The average Bonchev–Trinajstić information content (AvgIpc) is 2.91. The summed E-state index contributed by atoms with van der Waals surface area (Å²) in [5.74, 6) is -2.07. The Bertz CT molecular complexity index is 851. The second kappa shape index (κ2) is 6.65. The first kappa shape index (κ1) is 17.7. The van der Waals surface area contributed by atoms with Crippen LogP contribution in [0.3, 0.4) is 0 Å². The van der Waals surface area contributed by atoms with Crippen LogP contribution in [0.15, 0.2) is 46.2 Å². The monoisotopic (exact) mass is 406 g/mol. The molecule has 3 atom stereocenters. The molecule has 2 aromatic rings. The van der Waals surface area contributed by atoms with E-state index >= 15 is 0 Å². The molecule has 1 aliphatic rings. The summed E-state index contributed by atoms with van der Waals surface area (Å²) in [6, 6.07) is 7.34. The number of hydrogen-bond acceptors (Lipinski definition) is 4. The van der Waals surface area contributed by atoms with Crippen LogP contribution in [0.1, 0.15) is 29.7 Å². The van der Waals surface area contributed by atoms with Crippen molar-refractivity contribution in [3.63, 3.8) is 0 Å². The van der Waals surface area contributed by atoms with E-state index in [0.717, 1.165) is 10.0 Å². The van der Waals surface area contributed by atoms with Gasteiger partial charge < -0.3 is 14.9 Å². The highest BCUT2D eigenvalue weighted by Crippen LogP contribution is 2.44. The molecule has 1 aliphatic carbocycles. The molecule has 0 radical (unpaired) electrons. The van der Waals surface area contributed by atoms with Crippen molar-refractivity contribution in [2.45, 2.75) is 24.9 Å². The van der Waals surface area contributed by atoms with Gasteiger partial charge in [0, 0.05) is 28.1 Å². The van der Waals surface area contributed by atoms with Crippen LogP contribution in [0, 0.1) is 5.92 Å². The highest BCUT2D eigenvalue weighted by Gasteiger charge is 2.51. The Labute approximate surface area is 153 Å². The normalized spacial score (nSPS) is 25.2. The van der Waals surface area contributed by atoms with Crippen molar-refractivity contribution in [2.75, 3.05) is 6.61 Å². The first-order chi connectivity index (χ1) is 11.8. The van der Waals surface area contributed by atoms with E-state index in [1.807, 2.05) is 24.3 Å². The summed E-state index contributed by atoms with van der Waals surface area (Å²) in [4.78, 5) is 25.1. The minimum atomic E-state index is -1.37. The number of aromatic nitrogens is 2. The van der Waals surface area contributed by atoms with E-state index in [4.69, 9.17) is 4.74 Å². The molecule has 6 nitrogen and oxygen atoms in total. The van der Waals surface area contributed by atoms with E-state index in [0.29, 0.717) is 11.3 Å². The summed E-state index contributed by atoms with van der Waals surface area (Å²) in [5.41, 5.74) is 0.175. The number of rotatable bonds is 4. The molecule has 0 bridgehead atoms. The first-order valence-corrected chi connectivity index (χ1v) is 8.69. The number of aromatic amines is 2. The van der Waals surface area contributed by atoms with Gasteiger partial charge in [-0.15, -0.1) is 0 Å². The molecule has 0 amide bonds. The molecule has 3 N–H and O–H groups in total. The van der Waals surface area contributed by atoms with Crippen molar-refractivity contribution >= 4 is 21.9 Å². The fraction of sp³-hybridized carbons (Fsp3) is 0.333. The van der Waals surface area contributed by atoms with Crippen molar-refractivity contribution in [1.82, 2.24) is 10.2 Å². The SMILES string of the molecule is C=CCOC(=O)C1C(c2ccc(Br)cc2)c2c([nH][nH]c2=O)CC1(C)O. The van der Waals surface area contributed by atoms with Gasteiger partial charge in [-0.1, -0.05) is 40.7 Å². The molecule has 1 heterocycles. The summed E-state index contributed by atoms with van der Waals surface area (Å²) < 4.78 is 6.11. The molecule has 1 aromatic heterocycles. The highest BCUT2D eigenvalue weighted by molar-refractivity contribution is 9.10. The Hall–Kier alpha value is -2.12. The minimum Gasteiger partial charge on any atom is -0.461 e. The van der Waals surface area contributed by atoms with Gasteiger partial charge in [-0.3, -0.25) is 14.7 Å². The molecule has 3 rings (SSSR count). The lowest BCUT2D eigenvalue weighted by Crippen LogP contribution is -2.50. The van der Waals surface area contributed by atoms with Gasteiger partial charge >= 0.3 is 5.97 Å². The third kappa shape index (κ3) is 3.21. The first-order valence-electron chi connectivity index (χ1n) is 7.90. The quantitative estimate of drug-likeness (QED) is 0.535. The molecular weight excluding hydrogens is 388 g/mol. The molecule has 0 saturated heterocycles. The van der Waals surface area contributed by atoms with Crippen LogP contribution in [0.4, 0.5) is 0 Å². The van der Waals surface area contributed by atoms with Crippen molar-refractivity contribution in [3.8, 4) is 0 Å². The number of esters is 1. The molecule has 0 saturated carbocycles. The van der Waals surface area contributed by atoms with Crippen molar-refractivity contribution in [2.24, 2.45) is 5.92 Å². The number of fused-ring (bicyclic) bond motifs is 1.